The molecule has 2 amide bonds. The van der Waals surface area contributed by atoms with E-state index in [4.69, 9.17) is 10.00 Å². The average Bonchev–Trinajstić information content (AvgIpc) is 3.28. The molecule has 2 aliphatic rings. The van der Waals surface area contributed by atoms with Gasteiger partial charge in [0.1, 0.15) is 5.69 Å². The summed E-state index contributed by atoms with van der Waals surface area (Å²) < 4.78 is 6.82. The number of aromatic nitrogens is 2. The number of nitrogens with one attached hydrogen (secondary N) is 1. The Hall–Kier alpha value is -4.00. The van der Waals surface area contributed by atoms with Gasteiger partial charge in [-0.15, -0.1) is 0 Å². The summed E-state index contributed by atoms with van der Waals surface area (Å²) in [6, 6.07) is 16.6. The van der Waals surface area contributed by atoms with Crippen LogP contribution in [0.5, 0.6) is 0 Å². The van der Waals surface area contributed by atoms with Crippen LogP contribution in [-0.2, 0) is 17.8 Å². The van der Waals surface area contributed by atoms with Crippen molar-refractivity contribution >= 4 is 23.2 Å². The molecule has 0 spiro atoms. The predicted octanol–water partition coefficient (Wildman–Crippen LogP) is 3.13. The van der Waals surface area contributed by atoms with Crippen molar-refractivity contribution in [3.63, 3.8) is 0 Å². The second kappa shape index (κ2) is 9.93. The van der Waals surface area contributed by atoms with E-state index in [9.17, 15) is 9.59 Å². The van der Waals surface area contributed by atoms with Gasteiger partial charge in [0.15, 0.2) is 0 Å². The van der Waals surface area contributed by atoms with Crippen molar-refractivity contribution < 1.29 is 14.3 Å². The molecule has 0 radical (unpaired) electrons. The molecule has 3 aromatic rings. The molecule has 5 rings (SSSR count). The molecule has 0 bridgehead atoms. The summed E-state index contributed by atoms with van der Waals surface area (Å²) in [6.07, 6.45) is 1.43. The first kappa shape index (κ1) is 23.7. The Labute approximate surface area is 209 Å². The molecule has 9 heteroatoms. The molecule has 1 N–H and O–H groups in total. The maximum atomic E-state index is 13.6. The molecule has 9 nitrogen and oxygen atoms in total. The first-order chi connectivity index (χ1) is 17.5. The molecule has 0 unspecified atom stereocenters. The van der Waals surface area contributed by atoms with E-state index in [1.807, 2.05) is 19.1 Å². The highest BCUT2D eigenvalue weighted by Crippen LogP contribution is 2.28. The number of likely N-dealkylation sites (tertiary alicyclic amines) is 1. The molecule has 3 heterocycles. The fourth-order valence-electron chi connectivity index (χ4n) is 4.97. The van der Waals surface area contributed by atoms with Crippen molar-refractivity contribution in [2.75, 3.05) is 37.0 Å². The molecular weight excluding hydrogens is 456 g/mol. The van der Waals surface area contributed by atoms with E-state index < -0.39 is 5.91 Å². The fraction of sp³-hybridized carbons (Fsp3) is 0.333. The van der Waals surface area contributed by atoms with Crippen LogP contribution in [0.15, 0.2) is 54.7 Å². The van der Waals surface area contributed by atoms with E-state index in [1.54, 1.807) is 41.0 Å². The van der Waals surface area contributed by atoms with E-state index >= 15 is 0 Å². The lowest BCUT2D eigenvalue weighted by atomic mass is 10.00. The van der Waals surface area contributed by atoms with Gasteiger partial charge in [-0.25, -0.2) is 0 Å². The van der Waals surface area contributed by atoms with Gasteiger partial charge in [0.2, 0.25) is 0 Å². The van der Waals surface area contributed by atoms with Gasteiger partial charge in [0.25, 0.3) is 11.8 Å². The van der Waals surface area contributed by atoms with Crippen LogP contribution in [0.25, 0.3) is 0 Å². The van der Waals surface area contributed by atoms with Gasteiger partial charge in [-0.3, -0.25) is 19.2 Å². The highest BCUT2D eigenvalue weighted by Gasteiger charge is 2.36. The minimum Gasteiger partial charge on any atom is -0.384 e. The Morgan fingerprint density at radius 3 is 2.69 bits per heavy atom. The third-order valence-corrected chi connectivity index (χ3v) is 6.69. The molecule has 0 saturated carbocycles. The minimum absolute atomic E-state index is 0.121. The third kappa shape index (κ3) is 4.61. The first-order valence-corrected chi connectivity index (χ1v) is 12.0. The van der Waals surface area contributed by atoms with E-state index in [1.165, 1.54) is 11.8 Å². The number of ether oxygens (including phenoxy) is 1. The van der Waals surface area contributed by atoms with Gasteiger partial charge < -0.3 is 15.0 Å². The van der Waals surface area contributed by atoms with Gasteiger partial charge in [-0.05, 0) is 42.8 Å². The Bertz CT molecular complexity index is 1320. The van der Waals surface area contributed by atoms with Gasteiger partial charge in [0, 0.05) is 44.0 Å². The smallest absolute Gasteiger partial charge is 0.277 e. The molecule has 1 atom stereocenters. The lowest BCUT2D eigenvalue weighted by Crippen LogP contribution is -2.48. The Balaban J connectivity index is 1.31. The number of hydrogen-bond acceptors (Lipinski definition) is 6. The van der Waals surface area contributed by atoms with Gasteiger partial charge in [-0.1, -0.05) is 18.2 Å². The van der Waals surface area contributed by atoms with E-state index in [0.717, 1.165) is 31.9 Å². The molecule has 184 valence electrons. The second-order valence-corrected chi connectivity index (χ2v) is 9.44. The minimum atomic E-state index is -0.439. The fourth-order valence-corrected chi connectivity index (χ4v) is 4.97. The van der Waals surface area contributed by atoms with Gasteiger partial charge in [0.05, 0.1) is 42.6 Å². The molecule has 0 aliphatic carbocycles. The SMILES string of the molecule is COCC1CN(Cc2ccc(N3C(=O)c4c(C(=O)Nc5cccc(C#N)c5)cnn4C[C@@H]3C)cc2)C1. The van der Waals surface area contributed by atoms with Crippen LogP contribution in [0, 0.1) is 17.2 Å². The van der Waals surface area contributed by atoms with Crippen molar-refractivity contribution in [3.8, 4) is 6.07 Å². The number of nitriles is 1. The number of anilines is 2. The molecule has 1 fully saturated rings. The number of amides is 2. The maximum Gasteiger partial charge on any atom is 0.277 e. The number of carbonyl (C=O) groups is 2. The summed E-state index contributed by atoms with van der Waals surface area (Å²) in [5.41, 5.74) is 3.37. The Morgan fingerprint density at radius 1 is 1.19 bits per heavy atom. The highest BCUT2D eigenvalue weighted by molar-refractivity contribution is 6.15. The summed E-state index contributed by atoms with van der Waals surface area (Å²) in [5, 5.41) is 16.2. The number of rotatable bonds is 7. The van der Waals surface area contributed by atoms with Crippen LogP contribution in [0.2, 0.25) is 0 Å². The van der Waals surface area contributed by atoms with Crippen molar-refractivity contribution in [2.45, 2.75) is 26.1 Å². The van der Waals surface area contributed by atoms with Crippen LogP contribution in [0.3, 0.4) is 0 Å². The van der Waals surface area contributed by atoms with E-state index in [2.05, 4.69) is 33.5 Å². The Morgan fingerprint density at radius 2 is 1.97 bits per heavy atom. The zero-order valence-electron chi connectivity index (χ0n) is 20.3. The number of nitrogens with zero attached hydrogens (tertiary/aromatic N) is 5. The summed E-state index contributed by atoms with van der Waals surface area (Å²) in [4.78, 5) is 30.7. The summed E-state index contributed by atoms with van der Waals surface area (Å²) >= 11 is 0. The number of carbonyl (C=O) groups excluding carboxylic acids is 2. The third-order valence-electron chi connectivity index (χ3n) is 6.69. The van der Waals surface area contributed by atoms with Gasteiger partial charge in [-0.2, -0.15) is 10.4 Å². The van der Waals surface area contributed by atoms with Crippen molar-refractivity contribution in [1.82, 2.24) is 14.7 Å². The summed E-state index contributed by atoms with van der Waals surface area (Å²) in [5.74, 6) is -0.0985. The van der Waals surface area contributed by atoms with Crippen LogP contribution < -0.4 is 10.2 Å². The molecule has 1 aromatic heterocycles. The maximum absolute atomic E-state index is 13.6. The molecule has 2 aliphatic heterocycles. The highest BCUT2D eigenvalue weighted by atomic mass is 16.5. The van der Waals surface area contributed by atoms with Gasteiger partial charge >= 0.3 is 0 Å². The standard InChI is InChI=1S/C27H28N6O3/c1-18-13-32-25(24(12-29-32)26(34)30-22-5-3-4-20(10-22)11-28)27(35)33(18)23-8-6-19(7-9-23)14-31-15-21(16-31)17-36-2/h3-10,12,18,21H,13-17H2,1-2H3,(H,30,34)/t18-/m0/s1. The van der Waals surface area contributed by atoms with E-state index in [-0.39, 0.29) is 23.2 Å². The first-order valence-electron chi connectivity index (χ1n) is 12.0. The normalized spacial score (nSPS) is 17.9. The Kier molecular flexibility index (Phi) is 6.55. The van der Waals surface area contributed by atoms with Crippen LogP contribution in [-0.4, -0.2) is 59.3 Å². The number of fused-ring (bicyclic) bond motifs is 1. The van der Waals surface area contributed by atoms with Crippen LogP contribution >= 0.6 is 0 Å². The topological polar surface area (TPSA) is 103 Å². The van der Waals surface area contributed by atoms with Crippen LogP contribution in [0.1, 0.15) is 38.9 Å². The number of methoxy groups -OCH3 is 1. The van der Waals surface area contributed by atoms with Crippen molar-refractivity contribution in [3.05, 3.63) is 77.1 Å². The summed E-state index contributed by atoms with van der Waals surface area (Å²) in [6.45, 7) is 6.19. The summed E-state index contributed by atoms with van der Waals surface area (Å²) in [7, 11) is 1.74. The molecule has 1 saturated heterocycles. The zero-order chi connectivity index (χ0) is 25.2. The monoisotopic (exact) mass is 484 g/mol. The quantitative estimate of drug-likeness (QED) is 0.553. The molecule has 2 aromatic carbocycles. The lowest BCUT2D eigenvalue weighted by molar-refractivity contribution is 0.0293. The van der Waals surface area contributed by atoms with Crippen molar-refractivity contribution in [2.24, 2.45) is 5.92 Å². The van der Waals surface area contributed by atoms with Crippen molar-refractivity contribution in [1.29, 1.82) is 5.26 Å². The predicted molar refractivity (Wildman–Crippen MR) is 135 cm³/mol. The molecular formula is C27H28N6O3. The molecule has 36 heavy (non-hydrogen) atoms. The largest absolute Gasteiger partial charge is 0.384 e. The van der Waals surface area contributed by atoms with E-state index in [0.29, 0.717) is 23.7 Å². The number of benzene rings is 2. The second-order valence-electron chi connectivity index (χ2n) is 9.44. The lowest BCUT2D eigenvalue weighted by Gasteiger charge is -2.39. The zero-order valence-corrected chi connectivity index (χ0v) is 20.3. The average molecular weight is 485 g/mol. The number of hydrogen-bond donors (Lipinski definition) is 1. The van der Waals surface area contributed by atoms with Crippen LogP contribution in [0.4, 0.5) is 11.4 Å².